The molecule has 1 saturated heterocycles. The Morgan fingerprint density at radius 1 is 1.26 bits per heavy atom. The first-order valence-electron chi connectivity index (χ1n) is 6.35. The molecule has 0 spiro atoms. The molecular formula is C12H13F4NO4S2. The molecule has 0 bridgehead atoms. The molecule has 0 aliphatic carbocycles. The summed E-state index contributed by atoms with van der Waals surface area (Å²) in [5.41, 5.74) is -3.02. The van der Waals surface area contributed by atoms with Gasteiger partial charge >= 0.3 is 6.18 Å². The summed E-state index contributed by atoms with van der Waals surface area (Å²) in [6.45, 7) is 1.35. The van der Waals surface area contributed by atoms with Gasteiger partial charge in [0.25, 0.3) is 0 Å². The summed E-state index contributed by atoms with van der Waals surface area (Å²) in [6, 6.07) is 1.29. The van der Waals surface area contributed by atoms with Gasteiger partial charge in [-0.3, -0.25) is 0 Å². The summed E-state index contributed by atoms with van der Waals surface area (Å²) in [6.07, 6.45) is -5.04. The van der Waals surface area contributed by atoms with Crippen LogP contribution in [0, 0.1) is 5.82 Å². The maximum atomic E-state index is 13.2. The molecule has 23 heavy (non-hydrogen) atoms. The van der Waals surface area contributed by atoms with E-state index in [1.54, 1.807) is 0 Å². The van der Waals surface area contributed by atoms with Crippen LogP contribution in [0.4, 0.5) is 17.6 Å². The van der Waals surface area contributed by atoms with Gasteiger partial charge in [0, 0.05) is 5.54 Å². The van der Waals surface area contributed by atoms with Crippen molar-refractivity contribution in [2.45, 2.75) is 30.0 Å². The second kappa shape index (κ2) is 5.42. The zero-order valence-corrected chi connectivity index (χ0v) is 13.4. The van der Waals surface area contributed by atoms with E-state index in [-0.39, 0.29) is 18.2 Å². The van der Waals surface area contributed by atoms with E-state index < -0.39 is 53.6 Å². The predicted molar refractivity (Wildman–Crippen MR) is 73.4 cm³/mol. The monoisotopic (exact) mass is 375 g/mol. The van der Waals surface area contributed by atoms with Crippen molar-refractivity contribution >= 4 is 19.9 Å². The van der Waals surface area contributed by atoms with Crippen molar-refractivity contribution in [3.05, 3.63) is 29.6 Å². The molecule has 1 aromatic carbocycles. The van der Waals surface area contributed by atoms with Crippen LogP contribution in [0.1, 0.15) is 18.9 Å². The predicted octanol–water partition coefficient (Wildman–Crippen LogP) is 1.70. The fourth-order valence-electron chi connectivity index (χ4n) is 2.36. The van der Waals surface area contributed by atoms with Crippen LogP contribution in [0.3, 0.4) is 0 Å². The fraction of sp³-hybridized carbons (Fsp3) is 0.500. The molecule has 2 rings (SSSR count). The van der Waals surface area contributed by atoms with E-state index in [9.17, 15) is 34.4 Å². The number of hydrogen-bond acceptors (Lipinski definition) is 4. The molecule has 1 aliphatic rings. The van der Waals surface area contributed by atoms with Crippen LogP contribution < -0.4 is 4.72 Å². The maximum absolute atomic E-state index is 13.2. The van der Waals surface area contributed by atoms with Crippen molar-refractivity contribution in [3.63, 3.8) is 0 Å². The third-order valence-corrected chi connectivity index (χ3v) is 6.98. The molecule has 11 heteroatoms. The summed E-state index contributed by atoms with van der Waals surface area (Å²) in [4.78, 5) is -0.781. The smallest absolute Gasteiger partial charge is 0.229 e. The van der Waals surface area contributed by atoms with Crippen LogP contribution in [0.15, 0.2) is 23.1 Å². The van der Waals surface area contributed by atoms with Gasteiger partial charge in [-0.1, -0.05) is 0 Å². The number of rotatable bonds is 3. The molecule has 1 heterocycles. The van der Waals surface area contributed by atoms with Crippen molar-refractivity contribution in [2.75, 3.05) is 11.5 Å². The topological polar surface area (TPSA) is 80.3 Å². The second-order valence-corrected chi connectivity index (χ2v) is 9.51. The van der Waals surface area contributed by atoms with Crippen LogP contribution in [0.5, 0.6) is 0 Å². The van der Waals surface area contributed by atoms with Crippen molar-refractivity contribution in [1.29, 1.82) is 0 Å². The van der Waals surface area contributed by atoms with Crippen LogP contribution in [0.2, 0.25) is 0 Å². The average molecular weight is 375 g/mol. The van der Waals surface area contributed by atoms with Gasteiger partial charge in [0.1, 0.15) is 5.82 Å². The van der Waals surface area contributed by atoms with Gasteiger partial charge in [0.15, 0.2) is 9.84 Å². The Balaban J connectivity index is 2.38. The number of halogens is 4. The van der Waals surface area contributed by atoms with Gasteiger partial charge in [-0.15, -0.1) is 0 Å². The van der Waals surface area contributed by atoms with E-state index in [1.807, 2.05) is 0 Å². The van der Waals surface area contributed by atoms with Crippen LogP contribution in [0.25, 0.3) is 0 Å². The molecular weight excluding hydrogens is 362 g/mol. The third kappa shape index (κ3) is 4.01. The van der Waals surface area contributed by atoms with Gasteiger partial charge in [-0.05, 0) is 31.5 Å². The summed E-state index contributed by atoms with van der Waals surface area (Å²) in [7, 11) is -7.85. The van der Waals surface area contributed by atoms with Crippen molar-refractivity contribution < 1.29 is 34.4 Å². The molecule has 0 saturated carbocycles. The van der Waals surface area contributed by atoms with E-state index in [0.717, 1.165) is 0 Å². The SMILES string of the molecule is CC1(NS(=O)(=O)c2ccc(F)c(C(F)(F)F)c2)CCS(=O)(=O)C1. The highest BCUT2D eigenvalue weighted by Crippen LogP contribution is 2.33. The Morgan fingerprint density at radius 3 is 2.35 bits per heavy atom. The van der Waals surface area contributed by atoms with E-state index >= 15 is 0 Å². The standard InChI is InChI=1S/C12H13F4NO4S2/c1-11(4-5-22(18,19)7-11)17-23(20,21)8-2-3-10(13)9(6-8)12(14,15)16/h2-3,6,17H,4-5,7H2,1H3. The van der Waals surface area contributed by atoms with Crippen molar-refractivity contribution in [3.8, 4) is 0 Å². The van der Waals surface area contributed by atoms with E-state index in [1.165, 1.54) is 6.92 Å². The van der Waals surface area contributed by atoms with Crippen LogP contribution in [-0.2, 0) is 26.0 Å². The number of sulfonamides is 1. The molecule has 1 aliphatic heterocycles. The van der Waals surface area contributed by atoms with E-state index in [0.29, 0.717) is 12.1 Å². The number of hydrogen-bond donors (Lipinski definition) is 1. The van der Waals surface area contributed by atoms with Crippen molar-refractivity contribution in [2.24, 2.45) is 0 Å². The quantitative estimate of drug-likeness (QED) is 0.816. The first-order valence-corrected chi connectivity index (χ1v) is 9.66. The summed E-state index contributed by atoms with van der Waals surface area (Å²) in [5.74, 6) is -2.26. The van der Waals surface area contributed by atoms with Crippen molar-refractivity contribution in [1.82, 2.24) is 4.72 Å². The Bertz CT molecular complexity index is 833. The first-order chi connectivity index (χ1) is 10.2. The molecule has 1 unspecified atom stereocenters. The van der Waals surface area contributed by atoms with Gasteiger partial charge in [0.2, 0.25) is 10.0 Å². The number of alkyl halides is 3. The lowest BCUT2D eigenvalue weighted by Gasteiger charge is -2.23. The lowest BCUT2D eigenvalue weighted by Crippen LogP contribution is -2.46. The molecule has 0 radical (unpaired) electrons. The van der Waals surface area contributed by atoms with Crippen LogP contribution in [-0.4, -0.2) is 33.9 Å². The molecule has 0 amide bonds. The normalized spacial score (nSPS) is 24.7. The highest BCUT2D eigenvalue weighted by Gasteiger charge is 2.42. The number of benzene rings is 1. The summed E-state index contributed by atoms with van der Waals surface area (Å²) < 4.78 is 101. The second-order valence-electron chi connectivity index (χ2n) is 5.65. The third-order valence-electron chi connectivity index (χ3n) is 3.44. The molecule has 1 fully saturated rings. The minimum absolute atomic E-state index is 0.00187. The van der Waals surface area contributed by atoms with E-state index in [4.69, 9.17) is 0 Å². The van der Waals surface area contributed by atoms with E-state index in [2.05, 4.69) is 4.72 Å². The molecule has 1 N–H and O–H groups in total. The Kier molecular flexibility index (Phi) is 4.27. The Labute approximate surface area is 130 Å². The first kappa shape index (κ1) is 18.1. The zero-order valence-electron chi connectivity index (χ0n) is 11.8. The highest BCUT2D eigenvalue weighted by atomic mass is 32.2. The molecule has 1 atom stereocenters. The number of nitrogens with one attached hydrogen (secondary N) is 1. The number of sulfone groups is 1. The molecule has 1 aromatic rings. The average Bonchev–Trinajstić information content (AvgIpc) is 2.60. The highest BCUT2D eigenvalue weighted by molar-refractivity contribution is 7.92. The summed E-state index contributed by atoms with van der Waals surface area (Å²) in [5, 5.41) is 0. The van der Waals surface area contributed by atoms with Crippen LogP contribution >= 0.6 is 0 Å². The Morgan fingerprint density at radius 2 is 1.87 bits per heavy atom. The lowest BCUT2D eigenvalue weighted by molar-refractivity contribution is -0.140. The Hall–Kier alpha value is -1.20. The summed E-state index contributed by atoms with van der Waals surface area (Å²) >= 11 is 0. The maximum Gasteiger partial charge on any atom is 0.419 e. The molecule has 0 aromatic heterocycles. The molecule has 130 valence electrons. The van der Waals surface area contributed by atoms with Gasteiger partial charge in [0.05, 0.1) is 22.0 Å². The zero-order chi connectivity index (χ0) is 17.7. The molecule has 5 nitrogen and oxygen atoms in total. The van der Waals surface area contributed by atoms with Gasteiger partial charge in [-0.25, -0.2) is 25.9 Å². The van der Waals surface area contributed by atoms with Gasteiger partial charge < -0.3 is 0 Å². The minimum atomic E-state index is -5.05. The van der Waals surface area contributed by atoms with Gasteiger partial charge in [-0.2, -0.15) is 13.2 Å². The largest absolute Gasteiger partial charge is 0.419 e. The minimum Gasteiger partial charge on any atom is -0.229 e. The lowest BCUT2D eigenvalue weighted by atomic mass is 10.0. The fourth-order valence-corrected chi connectivity index (χ4v) is 6.01.